The molecule has 3 heteroatoms. The molecule has 0 saturated heterocycles. The van der Waals surface area contributed by atoms with E-state index < -0.39 is 0 Å². The molecule has 1 aliphatic rings. The van der Waals surface area contributed by atoms with Crippen molar-refractivity contribution in [1.29, 1.82) is 0 Å². The van der Waals surface area contributed by atoms with E-state index in [1.54, 1.807) is 0 Å². The van der Waals surface area contributed by atoms with Crippen molar-refractivity contribution >= 4 is 11.6 Å². The Morgan fingerprint density at radius 3 is 3.00 bits per heavy atom. The normalized spacial score (nSPS) is 30.5. The van der Waals surface area contributed by atoms with Crippen molar-refractivity contribution in [2.75, 3.05) is 0 Å². The van der Waals surface area contributed by atoms with Crippen LogP contribution in [0.2, 0.25) is 0 Å². The molecule has 1 radical (unpaired) electrons. The minimum atomic E-state index is -0.259. The third-order valence-corrected chi connectivity index (χ3v) is 0.660. The van der Waals surface area contributed by atoms with Gasteiger partial charge in [-0.2, -0.15) is 0 Å². The summed E-state index contributed by atoms with van der Waals surface area (Å²) in [6.45, 7) is 0. The number of hydrogen-bond donors (Lipinski definition) is 1. The maximum Gasteiger partial charge on any atom is 0.145 e. The van der Waals surface area contributed by atoms with Gasteiger partial charge in [-0.1, -0.05) is 11.6 Å². The fourth-order valence-electron chi connectivity index (χ4n) is 0.222. The van der Waals surface area contributed by atoms with Crippen molar-refractivity contribution in [3.05, 3.63) is 12.3 Å². The Morgan fingerprint density at radius 1 is 2.00 bits per heavy atom. The number of nitrogens with one attached hydrogen (secondary N) is 1. The van der Waals surface area contributed by atoms with Gasteiger partial charge in [0.05, 0.1) is 0 Å². The summed E-state index contributed by atoms with van der Waals surface area (Å²) in [4.78, 5) is 4.44. The van der Waals surface area contributed by atoms with E-state index in [9.17, 15) is 0 Å². The van der Waals surface area contributed by atoms with Crippen LogP contribution in [0, 0.1) is 6.08 Å². The lowest BCUT2D eigenvalue weighted by molar-refractivity contribution is 0.160. The number of alkyl halides is 1. The first-order valence-electron chi connectivity index (χ1n) is 1.52. The Labute approximate surface area is 40.7 Å². The number of hydroxylamine groups is 1. The second kappa shape index (κ2) is 1.49. The molecule has 0 saturated carbocycles. The van der Waals surface area contributed by atoms with Gasteiger partial charge in [-0.25, -0.2) is 0 Å². The smallest absolute Gasteiger partial charge is 0.145 e. The number of hydrogen-bond acceptors (Lipinski definition) is 2. The van der Waals surface area contributed by atoms with Crippen LogP contribution in [0.25, 0.3) is 0 Å². The van der Waals surface area contributed by atoms with Crippen LogP contribution in [-0.4, -0.2) is 5.50 Å². The topological polar surface area (TPSA) is 21.3 Å². The summed E-state index contributed by atoms with van der Waals surface area (Å²) >= 11 is 5.33. The van der Waals surface area contributed by atoms with E-state index in [0.29, 0.717) is 0 Å². The van der Waals surface area contributed by atoms with E-state index in [1.807, 2.05) is 0 Å². The van der Waals surface area contributed by atoms with Gasteiger partial charge in [-0.3, -0.25) is 0 Å². The molecule has 1 heterocycles. The number of halogens is 1. The lowest BCUT2D eigenvalue weighted by Gasteiger charge is -1.91. The Hall–Kier alpha value is -0.210. The molecule has 0 aromatic heterocycles. The molecule has 33 valence electrons. The molecule has 1 unspecified atom stereocenters. The summed E-state index contributed by atoms with van der Waals surface area (Å²) in [7, 11) is 0. The molecule has 1 rings (SSSR count). The highest BCUT2D eigenvalue weighted by molar-refractivity contribution is 6.21. The van der Waals surface area contributed by atoms with E-state index >= 15 is 0 Å². The molecule has 0 fully saturated rings. The van der Waals surface area contributed by atoms with Crippen LogP contribution in [0.4, 0.5) is 0 Å². The average molecular weight is 105 g/mol. The van der Waals surface area contributed by atoms with Crippen LogP contribution in [0.5, 0.6) is 0 Å². The third-order valence-electron chi connectivity index (χ3n) is 0.445. The zero-order valence-electron chi connectivity index (χ0n) is 2.94. The van der Waals surface area contributed by atoms with Crippen LogP contribution in [-0.2, 0) is 4.84 Å². The molecule has 0 spiro atoms. The van der Waals surface area contributed by atoms with E-state index in [4.69, 9.17) is 11.6 Å². The van der Waals surface area contributed by atoms with Crippen LogP contribution in [0.3, 0.4) is 0 Å². The molecule has 1 atom stereocenters. The summed E-state index contributed by atoms with van der Waals surface area (Å²) in [5.41, 5.74) is 2.16. The van der Waals surface area contributed by atoms with Gasteiger partial charge in [0.25, 0.3) is 0 Å². The van der Waals surface area contributed by atoms with Crippen LogP contribution in [0.15, 0.2) is 6.26 Å². The van der Waals surface area contributed by atoms with Gasteiger partial charge in [0, 0.05) is 6.08 Å². The highest BCUT2D eigenvalue weighted by atomic mass is 35.5. The SMILES string of the molecule is ClC1[C]=CON1. The molecule has 0 aromatic rings. The summed E-state index contributed by atoms with van der Waals surface area (Å²) < 4.78 is 0. The molecular formula is C3H3ClNO. The van der Waals surface area contributed by atoms with Crippen molar-refractivity contribution in [1.82, 2.24) is 5.48 Å². The van der Waals surface area contributed by atoms with Crippen LogP contribution < -0.4 is 5.48 Å². The fraction of sp³-hybridized carbons (Fsp3) is 0.333. The van der Waals surface area contributed by atoms with Crippen molar-refractivity contribution in [2.24, 2.45) is 0 Å². The van der Waals surface area contributed by atoms with E-state index in [0.717, 1.165) is 0 Å². The monoisotopic (exact) mass is 104 g/mol. The van der Waals surface area contributed by atoms with Crippen molar-refractivity contribution < 1.29 is 4.84 Å². The Kier molecular flexibility index (Phi) is 0.986. The van der Waals surface area contributed by atoms with Gasteiger partial charge in [0.1, 0.15) is 11.8 Å². The van der Waals surface area contributed by atoms with Gasteiger partial charge in [-0.15, -0.1) is 5.48 Å². The highest BCUT2D eigenvalue weighted by Gasteiger charge is 2.02. The largest absolute Gasteiger partial charge is 0.414 e. The predicted molar refractivity (Wildman–Crippen MR) is 21.7 cm³/mol. The first kappa shape index (κ1) is 3.96. The molecule has 0 aromatic carbocycles. The quantitative estimate of drug-likeness (QED) is 0.355. The lowest BCUT2D eigenvalue weighted by Crippen LogP contribution is -2.12. The maximum absolute atomic E-state index is 5.33. The van der Waals surface area contributed by atoms with Gasteiger partial charge in [-0.05, 0) is 0 Å². The Balaban J connectivity index is 2.38. The summed E-state index contributed by atoms with van der Waals surface area (Å²) in [5.74, 6) is 0. The van der Waals surface area contributed by atoms with E-state index in [-0.39, 0.29) is 5.50 Å². The molecule has 2 nitrogen and oxygen atoms in total. The van der Waals surface area contributed by atoms with Crippen LogP contribution in [0.1, 0.15) is 0 Å². The van der Waals surface area contributed by atoms with Gasteiger partial charge < -0.3 is 4.84 Å². The summed E-state index contributed by atoms with van der Waals surface area (Å²) in [6.07, 6.45) is 4.01. The fourth-order valence-corrected chi connectivity index (χ4v) is 0.324. The first-order valence-corrected chi connectivity index (χ1v) is 1.96. The lowest BCUT2D eigenvalue weighted by atomic mass is 10.7. The zero-order chi connectivity index (χ0) is 4.41. The van der Waals surface area contributed by atoms with Crippen LogP contribution >= 0.6 is 11.6 Å². The predicted octanol–water partition coefficient (Wildman–Crippen LogP) is 0.403. The minimum absolute atomic E-state index is 0.259. The summed E-state index contributed by atoms with van der Waals surface area (Å²) in [5, 5.41) is 0. The second-order valence-electron chi connectivity index (χ2n) is 0.883. The van der Waals surface area contributed by atoms with Crippen molar-refractivity contribution in [2.45, 2.75) is 5.50 Å². The van der Waals surface area contributed by atoms with Crippen molar-refractivity contribution in [3.8, 4) is 0 Å². The molecule has 0 aliphatic carbocycles. The van der Waals surface area contributed by atoms with E-state index in [2.05, 4.69) is 16.4 Å². The molecule has 1 N–H and O–H groups in total. The standard InChI is InChI=1S/C3H3ClNO/c4-3-1-2-6-5-3/h2-3,5H. The second-order valence-corrected chi connectivity index (χ2v) is 1.32. The Morgan fingerprint density at radius 2 is 2.83 bits per heavy atom. The first-order chi connectivity index (χ1) is 2.89. The molecule has 0 bridgehead atoms. The Bertz CT molecular complexity index is 73.2. The van der Waals surface area contributed by atoms with Gasteiger partial charge >= 0.3 is 0 Å². The van der Waals surface area contributed by atoms with Gasteiger partial charge in [0.15, 0.2) is 0 Å². The molecular weight excluding hydrogens is 101 g/mol. The molecule has 0 amide bonds. The third kappa shape index (κ3) is 0.640. The molecule has 6 heavy (non-hydrogen) atoms. The number of rotatable bonds is 0. The summed E-state index contributed by atoms with van der Waals surface area (Å²) in [6, 6.07) is 0. The molecule has 1 aliphatic heterocycles. The zero-order valence-corrected chi connectivity index (χ0v) is 3.70. The van der Waals surface area contributed by atoms with Gasteiger partial charge in [0.2, 0.25) is 0 Å². The minimum Gasteiger partial charge on any atom is -0.414 e. The van der Waals surface area contributed by atoms with Crippen molar-refractivity contribution in [3.63, 3.8) is 0 Å². The maximum atomic E-state index is 5.33. The van der Waals surface area contributed by atoms with E-state index in [1.165, 1.54) is 6.26 Å². The highest BCUT2D eigenvalue weighted by Crippen LogP contribution is 1.96. The average Bonchev–Trinajstić information content (AvgIpc) is 1.86.